The quantitative estimate of drug-likeness (QED) is 0.689. The van der Waals surface area contributed by atoms with Crippen LogP contribution >= 0.6 is 0 Å². The van der Waals surface area contributed by atoms with Crippen molar-refractivity contribution < 1.29 is 9.53 Å². The summed E-state index contributed by atoms with van der Waals surface area (Å²) < 4.78 is 6.16. The molecule has 4 rings (SSSR count). The number of amides is 1. The molecule has 1 spiro atoms. The van der Waals surface area contributed by atoms with E-state index in [0.29, 0.717) is 25.1 Å². The van der Waals surface area contributed by atoms with Gasteiger partial charge in [-0.05, 0) is 104 Å². The summed E-state index contributed by atoms with van der Waals surface area (Å²) in [6, 6.07) is 9.33. The SMILES string of the molecule is CC(C)N1CCOc2ccccc2CCCCC2(CCN(C3CCN(C)CC3)CC2)C1=O. The van der Waals surface area contributed by atoms with Crippen molar-refractivity contribution in [2.45, 2.75) is 77.3 Å². The molecule has 0 unspecified atom stereocenters. The maximum atomic E-state index is 14.0. The van der Waals surface area contributed by atoms with Crippen molar-refractivity contribution in [3.63, 3.8) is 0 Å². The van der Waals surface area contributed by atoms with E-state index in [1.54, 1.807) is 0 Å². The van der Waals surface area contributed by atoms with Gasteiger partial charge in [-0.15, -0.1) is 0 Å². The molecule has 32 heavy (non-hydrogen) atoms. The minimum Gasteiger partial charge on any atom is -0.491 e. The number of benzene rings is 1. The smallest absolute Gasteiger partial charge is 0.229 e. The molecule has 0 bridgehead atoms. The summed E-state index contributed by atoms with van der Waals surface area (Å²) in [6.45, 7) is 10.1. The molecule has 0 aromatic heterocycles. The van der Waals surface area contributed by atoms with Crippen LogP contribution in [0.15, 0.2) is 24.3 Å². The first-order chi connectivity index (χ1) is 15.5. The Morgan fingerprint density at radius 3 is 2.41 bits per heavy atom. The van der Waals surface area contributed by atoms with E-state index in [0.717, 1.165) is 57.4 Å². The van der Waals surface area contributed by atoms with Gasteiger partial charge >= 0.3 is 0 Å². The van der Waals surface area contributed by atoms with E-state index >= 15 is 0 Å². The molecule has 1 aromatic carbocycles. The Morgan fingerprint density at radius 1 is 0.969 bits per heavy atom. The Morgan fingerprint density at radius 2 is 1.69 bits per heavy atom. The average molecular weight is 442 g/mol. The highest BCUT2D eigenvalue weighted by Crippen LogP contribution is 2.40. The average Bonchev–Trinajstić information content (AvgIpc) is 2.80. The van der Waals surface area contributed by atoms with E-state index in [2.05, 4.69) is 53.8 Å². The monoisotopic (exact) mass is 441 g/mol. The van der Waals surface area contributed by atoms with Crippen molar-refractivity contribution in [1.29, 1.82) is 0 Å². The second-order valence-corrected chi connectivity index (χ2v) is 10.6. The molecule has 0 atom stereocenters. The molecular weight excluding hydrogens is 398 g/mol. The van der Waals surface area contributed by atoms with Gasteiger partial charge in [0.1, 0.15) is 12.4 Å². The molecule has 3 heterocycles. The Labute approximate surface area is 195 Å². The lowest BCUT2D eigenvalue weighted by Gasteiger charge is -2.47. The third-order valence-electron chi connectivity index (χ3n) is 8.21. The third kappa shape index (κ3) is 5.31. The number of piperidine rings is 2. The number of para-hydroxylation sites is 1. The molecule has 1 amide bonds. The predicted molar refractivity (Wildman–Crippen MR) is 130 cm³/mol. The van der Waals surface area contributed by atoms with Crippen LogP contribution in [-0.4, -0.2) is 79.1 Å². The number of carbonyl (C=O) groups excluding carboxylic acids is 1. The normalized spacial score (nSPS) is 24.6. The molecule has 5 heteroatoms. The van der Waals surface area contributed by atoms with Gasteiger partial charge in [0.2, 0.25) is 5.91 Å². The second kappa shape index (κ2) is 10.6. The number of hydrogen-bond acceptors (Lipinski definition) is 4. The highest BCUT2D eigenvalue weighted by atomic mass is 16.5. The first-order valence-electron chi connectivity index (χ1n) is 12.9. The van der Waals surface area contributed by atoms with Crippen LogP contribution < -0.4 is 4.74 Å². The summed E-state index contributed by atoms with van der Waals surface area (Å²) in [5.74, 6) is 1.37. The maximum Gasteiger partial charge on any atom is 0.229 e. The molecular formula is C27H43N3O2. The van der Waals surface area contributed by atoms with Gasteiger partial charge in [0.15, 0.2) is 0 Å². The van der Waals surface area contributed by atoms with Crippen molar-refractivity contribution >= 4 is 5.91 Å². The van der Waals surface area contributed by atoms with Gasteiger partial charge in [0, 0.05) is 12.1 Å². The summed E-state index contributed by atoms with van der Waals surface area (Å²) in [5, 5.41) is 0. The molecule has 0 N–H and O–H groups in total. The van der Waals surface area contributed by atoms with E-state index in [4.69, 9.17) is 4.74 Å². The van der Waals surface area contributed by atoms with Crippen molar-refractivity contribution in [1.82, 2.24) is 14.7 Å². The van der Waals surface area contributed by atoms with E-state index in [9.17, 15) is 4.79 Å². The van der Waals surface area contributed by atoms with E-state index in [1.165, 1.54) is 31.5 Å². The summed E-state index contributed by atoms with van der Waals surface area (Å²) in [7, 11) is 2.23. The number of nitrogens with zero attached hydrogens (tertiary/aromatic N) is 3. The third-order valence-corrected chi connectivity index (χ3v) is 8.21. The molecule has 1 aromatic rings. The van der Waals surface area contributed by atoms with Crippen LogP contribution in [-0.2, 0) is 11.2 Å². The van der Waals surface area contributed by atoms with E-state index in [1.807, 2.05) is 6.07 Å². The summed E-state index contributed by atoms with van der Waals surface area (Å²) in [4.78, 5) is 21.2. The first-order valence-corrected chi connectivity index (χ1v) is 12.9. The first kappa shape index (κ1) is 23.6. The molecule has 0 aliphatic carbocycles. The molecule has 2 fully saturated rings. The van der Waals surface area contributed by atoms with Crippen LogP contribution in [0, 0.1) is 5.41 Å². The highest BCUT2D eigenvalue weighted by molar-refractivity contribution is 5.83. The largest absolute Gasteiger partial charge is 0.491 e. The summed E-state index contributed by atoms with van der Waals surface area (Å²) >= 11 is 0. The fourth-order valence-corrected chi connectivity index (χ4v) is 6.03. The number of carbonyl (C=O) groups is 1. The van der Waals surface area contributed by atoms with Crippen molar-refractivity contribution in [3.05, 3.63) is 29.8 Å². The van der Waals surface area contributed by atoms with Crippen molar-refractivity contribution in [2.24, 2.45) is 5.41 Å². The van der Waals surface area contributed by atoms with E-state index in [-0.39, 0.29) is 11.5 Å². The summed E-state index contributed by atoms with van der Waals surface area (Å²) in [5.41, 5.74) is 1.12. The van der Waals surface area contributed by atoms with Crippen LogP contribution in [0.5, 0.6) is 5.75 Å². The van der Waals surface area contributed by atoms with Gasteiger partial charge < -0.3 is 19.4 Å². The van der Waals surface area contributed by atoms with Gasteiger partial charge in [-0.25, -0.2) is 0 Å². The number of aryl methyl sites for hydroxylation is 1. The van der Waals surface area contributed by atoms with Gasteiger partial charge in [0.25, 0.3) is 0 Å². The topological polar surface area (TPSA) is 36.0 Å². The van der Waals surface area contributed by atoms with Crippen LogP contribution in [0.4, 0.5) is 0 Å². The lowest BCUT2D eigenvalue weighted by Crippen LogP contribution is -2.55. The lowest BCUT2D eigenvalue weighted by atomic mass is 9.72. The number of hydrogen-bond donors (Lipinski definition) is 0. The lowest BCUT2D eigenvalue weighted by molar-refractivity contribution is -0.149. The molecule has 3 aliphatic rings. The van der Waals surface area contributed by atoms with Crippen molar-refractivity contribution in [2.75, 3.05) is 46.4 Å². The standard InChI is InChI=1S/C27H43N3O2/c1-22(2)30-20-21-32-25-10-5-4-8-23(25)9-6-7-13-27(26(30)31)14-18-29(19-15-27)24-11-16-28(3)17-12-24/h4-5,8,10,22,24H,6-7,9,11-21H2,1-3H3. The van der Waals surface area contributed by atoms with Gasteiger partial charge in [0.05, 0.1) is 12.0 Å². The van der Waals surface area contributed by atoms with Gasteiger partial charge in [-0.3, -0.25) is 4.79 Å². The van der Waals surface area contributed by atoms with Gasteiger partial charge in [-0.1, -0.05) is 24.6 Å². The number of likely N-dealkylation sites (tertiary alicyclic amines) is 2. The molecule has 2 saturated heterocycles. The minimum atomic E-state index is -0.190. The summed E-state index contributed by atoms with van der Waals surface area (Å²) in [6.07, 6.45) is 8.86. The molecule has 0 radical (unpaired) electrons. The maximum absolute atomic E-state index is 14.0. The zero-order valence-electron chi connectivity index (χ0n) is 20.5. The molecule has 5 nitrogen and oxygen atoms in total. The number of ether oxygens (including phenoxy) is 1. The van der Waals surface area contributed by atoms with Crippen LogP contribution in [0.1, 0.15) is 64.4 Å². The van der Waals surface area contributed by atoms with Crippen LogP contribution in [0.2, 0.25) is 0 Å². The molecule has 178 valence electrons. The van der Waals surface area contributed by atoms with Crippen LogP contribution in [0.25, 0.3) is 0 Å². The second-order valence-electron chi connectivity index (χ2n) is 10.6. The number of fused-ring (bicyclic) bond motifs is 1. The Hall–Kier alpha value is -1.59. The zero-order chi connectivity index (χ0) is 22.6. The Balaban J connectivity index is 1.47. The van der Waals surface area contributed by atoms with Crippen molar-refractivity contribution in [3.8, 4) is 5.75 Å². The molecule has 0 saturated carbocycles. The minimum absolute atomic E-state index is 0.190. The highest BCUT2D eigenvalue weighted by Gasteiger charge is 2.44. The molecule has 3 aliphatic heterocycles. The number of rotatable bonds is 2. The van der Waals surface area contributed by atoms with Gasteiger partial charge in [-0.2, -0.15) is 0 Å². The predicted octanol–water partition coefficient (Wildman–Crippen LogP) is 4.21. The van der Waals surface area contributed by atoms with Crippen LogP contribution in [0.3, 0.4) is 0 Å². The Kier molecular flexibility index (Phi) is 7.78. The zero-order valence-corrected chi connectivity index (χ0v) is 20.5. The van der Waals surface area contributed by atoms with E-state index < -0.39 is 0 Å². The fraction of sp³-hybridized carbons (Fsp3) is 0.741. The fourth-order valence-electron chi connectivity index (χ4n) is 6.03. The Bertz CT molecular complexity index is 749.